The number of aliphatic carboxylic acids is 1. The molecule has 2 N–H and O–H groups in total. The highest BCUT2D eigenvalue weighted by Gasteiger charge is 2.47. The quantitative estimate of drug-likeness (QED) is 0.811. The summed E-state index contributed by atoms with van der Waals surface area (Å²) in [4.78, 5) is 23.7. The maximum Gasteiger partial charge on any atom is 0.311 e. The van der Waals surface area contributed by atoms with Crippen molar-refractivity contribution in [3.8, 4) is 0 Å². The average Bonchev–Trinajstić information content (AvgIpc) is 2.88. The molecule has 2 unspecified atom stereocenters. The molecule has 0 bridgehead atoms. The number of carbonyl (C=O) groups is 2. The van der Waals surface area contributed by atoms with E-state index in [-0.39, 0.29) is 17.4 Å². The molecule has 2 aliphatic carbocycles. The molecule has 0 aromatic rings. The van der Waals surface area contributed by atoms with Gasteiger partial charge in [-0.3, -0.25) is 9.59 Å². The number of hydrogen-bond acceptors (Lipinski definition) is 2. The highest BCUT2D eigenvalue weighted by atomic mass is 16.4. The molecule has 18 heavy (non-hydrogen) atoms. The lowest BCUT2D eigenvalue weighted by Crippen LogP contribution is -2.50. The standard InChI is InChI=1S/C14H23NO3/c1-13(7-3-4-8-13)11(16)15-10-6-5-9-14(10,2)12(17)18/h10H,3-9H2,1-2H3,(H,15,16)(H,17,18). The number of nitrogens with one attached hydrogen (secondary N) is 1. The van der Waals surface area contributed by atoms with Crippen molar-refractivity contribution < 1.29 is 14.7 Å². The predicted octanol–water partition coefficient (Wildman–Crippen LogP) is 2.33. The van der Waals surface area contributed by atoms with Crippen LogP contribution in [0, 0.1) is 10.8 Å². The Morgan fingerprint density at radius 2 is 1.72 bits per heavy atom. The fourth-order valence-corrected chi connectivity index (χ4v) is 3.37. The average molecular weight is 253 g/mol. The Hall–Kier alpha value is -1.06. The van der Waals surface area contributed by atoms with Gasteiger partial charge in [0.1, 0.15) is 0 Å². The summed E-state index contributed by atoms with van der Waals surface area (Å²) in [6.07, 6.45) is 6.37. The summed E-state index contributed by atoms with van der Waals surface area (Å²) in [5, 5.41) is 12.3. The first-order chi connectivity index (χ1) is 8.38. The first kappa shape index (κ1) is 13.4. The Kier molecular flexibility index (Phi) is 3.39. The Balaban J connectivity index is 2.05. The molecule has 2 saturated carbocycles. The normalized spacial score (nSPS) is 34.4. The van der Waals surface area contributed by atoms with Gasteiger partial charge in [0.25, 0.3) is 0 Å². The van der Waals surface area contributed by atoms with Crippen molar-refractivity contribution >= 4 is 11.9 Å². The maximum atomic E-state index is 12.3. The van der Waals surface area contributed by atoms with Crippen molar-refractivity contribution in [1.29, 1.82) is 0 Å². The first-order valence-corrected chi connectivity index (χ1v) is 6.93. The van der Waals surface area contributed by atoms with E-state index in [0.717, 1.165) is 38.5 Å². The van der Waals surface area contributed by atoms with Crippen molar-refractivity contribution in [3.63, 3.8) is 0 Å². The third kappa shape index (κ3) is 2.13. The van der Waals surface area contributed by atoms with Gasteiger partial charge in [-0.15, -0.1) is 0 Å². The Morgan fingerprint density at radius 1 is 1.11 bits per heavy atom. The number of rotatable bonds is 3. The molecule has 102 valence electrons. The molecule has 0 aromatic heterocycles. The van der Waals surface area contributed by atoms with Gasteiger partial charge in [-0.1, -0.05) is 26.2 Å². The lowest BCUT2D eigenvalue weighted by molar-refractivity contribution is -0.149. The summed E-state index contributed by atoms with van der Waals surface area (Å²) in [6.45, 7) is 3.76. The lowest BCUT2D eigenvalue weighted by Gasteiger charge is -2.31. The number of hydrogen-bond donors (Lipinski definition) is 2. The van der Waals surface area contributed by atoms with Crippen LogP contribution in [0.15, 0.2) is 0 Å². The number of carboxylic acid groups (broad SMARTS) is 1. The van der Waals surface area contributed by atoms with E-state index in [0.29, 0.717) is 6.42 Å². The van der Waals surface area contributed by atoms with E-state index in [4.69, 9.17) is 0 Å². The molecule has 4 heteroatoms. The van der Waals surface area contributed by atoms with Gasteiger partial charge in [-0.2, -0.15) is 0 Å². The van der Waals surface area contributed by atoms with Crippen molar-refractivity contribution in [3.05, 3.63) is 0 Å². The monoisotopic (exact) mass is 253 g/mol. The molecule has 0 spiro atoms. The Bertz CT molecular complexity index is 360. The summed E-state index contributed by atoms with van der Waals surface area (Å²) in [5.74, 6) is -0.735. The molecule has 0 aromatic carbocycles. The minimum absolute atomic E-state index is 0.0550. The molecule has 2 aliphatic rings. The second kappa shape index (κ2) is 4.56. The number of carboxylic acids is 1. The van der Waals surface area contributed by atoms with E-state index in [1.54, 1.807) is 6.92 Å². The van der Waals surface area contributed by atoms with Crippen LogP contribution in [-0.4, -0.2) is 23.0 Å². The predicted molar refractivity (Wildman–Crippen MR) is 68.1 cm³/mol. The molecule has 4 nitrogen and oxygen atoms in total. The summed E-state index contributed by atoms with van der Waals surface area (Å²) < 4.78 is 0. The van der Waals surface area contributed by atoms with Crippen molar-refractivity contribution in [2.75, 3.05) is 0 Å². The highest BCUT2D eigenvalue weighted by Crippen LogP contribution is 2.41. The number of amides is 1. The van der Waals surface area contributed by atoms with Crippen LogP contribution < -0.4 is 5.32 Å². The summed E-state index contributed by atoms with van der Waals surface area (Å²) in [5.41, 5.74) is -1.06. The second-order valence-electron chi connectivity index (χ2n) is 6.41. The molecular weight excluding hydrogens is 230 g/mol. The van der Waals surface area contributed by atoms with E-state index in [2.05, 4.69) is 5.32 Å². The van der Waals surface area contributed by atoms with Gasteiger partial charge in [-0.05, 0) is 32.6 Å². The molecule has 1 amide bonds. The van der Waals surface area contributed by atoms with Crippen molar-refractivity contribution in [2.45, 2.75) is 64.8 Å². The molecule has 0 aliphatic heterocycles. The third-order valence-corrected chi connectivity index (χ3v) is 5.01. The molecule has 0 saturated heterocycles. The molecule has 0 heterocycles. The molecule has 2 rings (SSSR count). The zero-order valence-electron chi connectivity index (χ0n) is 11.3. The van der Waals surface area contributed by atoms with Crippen LogP contribution in [0.1, 0.15) is 58.8 Å². The minimum atomic E-state index is -0.790. The van der Waals surface area contributed by atoms with Crippen LogP contribution in [-0.2, 0) is 9.59 Å². The SMILES string of the molecule is CC1(C(=O)NC2CCCC2(C)C(=O)O)CCCC1. The van der Waals surface area contributed by atoms with Crippen LogP contribution in [0.2, 0.25) is 0 Å². The topological polar surface area (TPSA) is 66.4 Å². The van der Waals surface area contributed by atoms with Gasteiger partial charge >= 0.3 is 5.97 Å². The highest BCUT2D eigenvalue weighted by molar-refractivity contribution is 5.84. The Labute approximate surface area is 108 Å². The zero-order valence-corrected chi connectivity index (χ0v) is 11.3. The third-order valence-electron chi connectivity index (χ3n) is 5.01. The largest absolute Gasteiger partial charge is 0.481 e. The van der Waals surface area contributed by atoms with Crippen molar-refractivity contribution in [1.82, 2.24) is 5.32 Å². The Morgan fingerprint density at radius 3 is 2.28 bits per heavy atom. The van der Waals surface area contributed by atoms with Gasteiger partial charge in [0, 0.05) is 11.5 Å². The van der Waals surface area contributed by atoms with Gasteiger partial charge < -0.3 is 10.4 Å². The van der Waals surface area contributed by atoms with E-state index >= 15 is 0 Å². The molecular formula is C14H23NO3. The summed E-state index contributed by atoms with van der Waals surface area (Å²) >= 11 is 0. The van der Waals surface area contributed by atoms with E-state index in [1.165, 1.54) is 0 Å². The van der Waals surface area contributed by atoms with Crippen LogP contribution in [0.4, 0.5) is 0 Å². The fourth-order valence-electron chi connectivity index (χ4n) is 3.37. The van der Waals surface area contributed by atoms with E-state index in [9.17, 15) is 14.7 Å². The fraction of sp³-hybridized carbons (Fsp3) is 0.857. The van der Waals surface area contributed by atoms with Crippen molar-refractivity contribution in [2.24, 2.45) is 10.8 Å². The molecule has 2 fully saturated rings. The van der Waals surface area contributed by atoms with Crippen LogP contribution >= 0.6 is 0 Å². The maximum absolute atomic E-state index is 12.3. The second-order valence-corrected chi connectivity index (χ2v) is 6.41. The van der Waals surface area contributed by atoms with Gasteiger partial charge in [0.15, 0.2) is 0 Å². The molecule has 0 radical (unpaired) electrons. The zero-order chi connectivity index (χ0) is 13.4. The van der Waals surface area contributed by atoms with Crippen LogP contribution in [0.3, 0.4) is 0 Å². The summed E-state index contributed by atoms with van der Waals surface area (Å²) in [7, 11) is 0. The smallest absolute Gasteiger partial charge is 0.311 e. The first-order valence-electron chi connectivity index (χ1n) is 6.93. The van der Waals surface area contributed by atoms with Crippen LogP contribution in [0.25, 0.3) is 0 Å². The minimum Gasteiger partial charge on any atom is -0.481 e. The van der Waals surface area contributed by atoms with E-state index in [1.807, 2.05) is 6.92 Å². The summed E-state index contributed by atoms with van der Waals surface area (Å²) in [6, 6.07) is -0.208. The van der Waals surface area contributed by atoms with Gasteiger partial charge in [0.2, 0.25) is 5.91 Å². The van der Waals surface area contributed by atoms with E-state index < -0.39 is 11.4 Å². The molecule has 2 atom stereocenters. The van der Waals surface area contributed by atoms with Gasteiger partial charge in [-0.25, -0.2) is 0 Å². The number of carbonyl (C=O) groups excluding carboxylic acids is 1. The van der Waals surface area contributed by atoms with Gasteiger partial charge in [0.05, 0.1) is 5.41 Å². The lowest BCUT2D eigenvalue weighted by atomic mass is 9.82. The van der Waals surface area contributed by atoms with Crippen LogP contribution in [0.5, 0.6) is 0 Å².